The van der Waals surface area contributed by atoms with Crippen LogP contribution in [0.1, 0.15) is 19.3 Å². The predicted molar refractivity (Wildman–Crippen MR) is 71.3 cm³/mol. The van der Waals surface area contributed by atoms with Gasteiger partial charge in [-0.15, -0.1) is 5.10 Å². The average Bonchev–Trinajstić information content (AvgIpc) is 2.70. The van der Waals surface area contributed by atoms with Crippen molar-refractivity contribution in [1.29, 1.82) is 0 Å². The summed E-state index contributed by atoms with van der Waals surface area (Å²) in [6.07, 6.45) is 3.54. The van der Waals surface area contributed by atoms with Crippen LogP contribution in [0.3, 0.4) is 0 Å². The van der Waals surface area contributed by atoms with E-state index in [1.807, 2.05) is 11.8 Å². The topological polar surface area (TPSA) is 88.0 Å². The third-order valence-electron chi connectivity index (χ3n) is 2.71. The number of H-pyrrole nitrogens is 1. The van der Waals surface area contributed by atoms with Gasteiger partial charge >= 0.3 is 11.7 Å². The standard InChI is InChI=1S/C10H15N3O3S2/c14-8(15)6-18-10-12-11-9(16)13(10)5-7-3-1-2-4-17-7/h7H,1-6H2,(H,11,16)(H,14,15). The van der Waals surface area contributed by atoms with Gasteiger partial charge in [0.15, 0.2) is 5.16 Å². The Kier molecular flexibility index (Phi) is 4.76. The summed E-state index contributed by atoms with van der Waals surface area (Å²) in [5, 5.41) is 15.8. The zero-order chi connectivity index (χ0) is 13.0. The van der Waals surface area contributed by atoms with Crippen molar-refractivity contribution in [3.63, 3.8) is 0 Å². The van der Waals surface area contributed by atoms with Gasteiger partial charge < -0.3 is 5.11 Å². The van der Waals surface area contributed by atoms with E-state index in [-0.39, 0.29) is 11.4 Å². The molecule has 0 radical (unpaired) electrons. The summed E-state index contributed by atoms with van der Waals surface area (Å²) in [4.78, 5) is 22.2. The molecule has 1 aromatic heterocycles. The first-order valence-corrected chi connectivity index (χ1v) is 7.81. The number of carboxylic acid groups (broad SMARTS) is 1. The lowest BCUT2D eigenvalue weighted by molar-refractivity contribution is -0.133. The van der Waals surface area contributed by atoms with Crippen LogP contribution in [-0.2, 0) is 11.3 Å². The summed E-state index contributed by atoms with van der Waals surface area (Å²) in [5.74, 6) is 0.144. The average molecular weight is 289 g/mol. The Morgan fingerprint density at radius 3 is 3.11 bits per heavy atom. The lowest BCUT2D eigenvalue weighted by atomic mass is 10.2. The highest BCUT2D eigenvalue weighted by molar-refractivity contribution is 8.00. The molecule has 0 amide bonds. The molecule has 1 atom stereocenters. The van der Waals surface area contributed by atoms with Crippen LogP contribution in [0.15, 0.2) is 9.95 Å². The van der Waals surface area contributed by atoms with Crippen molar-refractivity contribution in [2.24, 2.45) is 0 Å². The van der Waals surface area contributed by atoms with Crippen LogP contribution >= 0.6 is 23.5 Å². The van der Waals surface area contributed by atoms with Crippen LogP contribution in [0.2, 0.25) is 0 Å². The smallest absolute Gasteiger partial charge is 0.344 e. The lowest BCUT2D eigenvalue weighted by Gasteiger charge is -2.21. The second kappa shape index (κ2) is 6.33. The Labute approximate surface area is 113 Å². The molecule has 1 fully saturated rings. The third-order valence-corrected chi connectivity index (χ3v) is 5.05. The highest BCUT2D eigenvalue weighted by atomic mass is 32.2. The maximum atomic E-state index is 11.6. The number of nitrogens with zero attached hydrogens (tertiary/aromatic N) is 2. The number of carbonyl (C=O) groups is 1. The molecule has 1 saturated heterocycles. The van der Waals surface area contributed by atoms with Crippen molar-refractivity contribution in [3.8, 4) is 0 Å². The minimum Gasteiger partial charge on any atom is -0.481 e. The van der Waals surface area contributed by atoms with Gasteiger partial charge in [0.25, 0.3) is 0 Å². The van der Waals surface area contributed by atoms with E-state index in [1.165, 1.54) is 12.8 Å². The van der Waals surface area contributed by atoms with Gasteiger partial charge in [-0.2, -0.15) is 11.8 Å². The van der Waals surface area contributed by atoms with E-state index in [2.05, 4.69) is 10.2 Å². The molecule has 0 aliphatic carbocycles. The molecule has 2 rings (SSSR count). The number of hydrogen-bond acceptors (Lipinski definition) is 5. The molecule has 6 nitrogen and oxygen atoms in total. The van der Waals surface area contributed by atoms with Crippen molar-refractivity contribution in [1.82, 2.24) is 14.8 Å². The largest absolute Gasteiger partial charge is 0.481 e. The van der Waals surface area contributed by atoms with Crippen LogP contribution in [0.5, 0.6) is 0 Å². The van der Waals surface area contributed by atoms with Gasteiger partial charge in [0, 0.05) is 11.8 Å². The van der Waals surface area contributed by atoms with E-state index in [1.54, 1.807) is 4.57 Å². The van der Waals surface area contributed by atoms with Gasteiger partial charge in [-0.25, -0.2) is 9.89 Å². The molecule has 100 valence electrons. The van der Waals surface area contributed by atoms with Gasteiger partial charge in [0.05, 0.1) is 5.75 Å². The Balaban J connectivity index is 2.03. The molecule has 1 aliphatic heterocycles. The second-order valence-corrected chi connectivity index (χ2v) is 6.44. The first-order chi connectivity index (χ1) is 8.66. The van der Waals surface area contributed by atoms with Crippen molar-refractivity contribution in [2.75, 3.05) is 11.5 Å². The Hall–Kier alpha value is -0.890. The molecule has 2 N–H and O–H groups in total. The third kappa shape index (κ3) is 3.55. The monoisotopic (exact) mass is 289 g/mol. The van der Waals surface area contributed by atoms with Crippen molar-refractivity contribution >= 4 is 29.5 Å². The highest BCUT2D eigenvalue weighted by Gasteiger charge is 2.18. The molecule has 2 heterocycles. The summed E-state index contributed by atoms with van der Waals surface area (Å²) in [6, 6.07) is 0. The fourth-order valence-corrected chi connectivity index (χ4v) is 3.82. The van der Waals surface area contributed by atoms with E-state index in [0.29, 0.717) is 17.0 Å². The maximum Gasteiger partial charge on any atom is 0.344 e. The second-order valence-electron chi connectivity index (χ2n) is 4.09. The number of aromatic amines is 1. The molecule has 1 aliphatic rings. The van der Waals surface area contributed by atoms with Gasteiger partial charge in [-0.3, -0.25) is 9.36 Å². The molecular weight excluding hydrogens is 274 g/mol. The molecular formula is C10H15N3O3S2. The Bertz CT molecular complexity index is 465. The van der Waals surface area contributed by atoms with Gasteiger partial charge in [-0.1, -0.05) is 18.2 Å². The Morgan fingerprint density at radius 1 is 1.61 bits per heavy atom. The normalized spacial score (nSPS) is 19.9. The SMILES string of the molecule is O=C(O)CSc1n[nH]c(=O)n1CC1CCCCS1. The summed E-state index contributed by atoms with van der Waals surface area (Å²) < 4.78 is 1.55. The van der Waals surface area contributed by atoms with Gasteiger partial charge in [-0.05, 0) is 18.6 Å². The Morgan fingerprint density at radius 2 is 2.44 bits per heavy atom. The molecule has 1 unspecified atom stereocenters. The van der Waals surface area contributed by atoms with Crippen molar-refractivity contribution in [2.45, 2.75) is 36.2 Å². The van der Waals surface area contributed by atoms with E-state index in [9.17, 15) is 9.59 Å². The van der Waals surface area contributed by atoms with E-state index in [4.69, 9.17) is 5.11 Å². The number of thioether (sulfide) groups is 2. The fourth-order valence-electron chi connectivity index (χ4n) is 1.86. The zero-order valence-corrected chi connectivity index (χ0v) is 11.4. The molecule has 0 aromatic carbocycles. The van der Waals surface area contributed by atoms with E-state index in [0.717, 1.165) is 23.9 Å². The van der Waals surface area contributed by atoms with Gasteiger partial charge in [0.1, 0.15) is 0 Å². The highest BCUT2D eigenvalue weighted by Crippen LogP contribution is 2.26. The van der Waals surface area contributed by atoms with Crippen molar-refractivity contribution in [3.05, 3.63) is 10.5 Å². The molecule has 1 aromatic rings. The van der Waals surface area contributed by atoms with Crippen LogP contribution in [0, 0.1) is 0 Å². The van der Waals surface area contributed by atoms with E-state index >= 15 is 0 Å². The van der Waals surface area contributed by atoms with Gasteiger partial charge in [0.2, 0.25) is 0 Å². The summed E-state index contributed by atoms with van der Waals surface area (Å²) in [5.41, 5.74) is -0.255. The first kappa shape index (κ1) is 13.5. The van der Waals surface area contributed by atoms with Crippen LogP contribution in [0.25, 0.3) is 0 Å². The van der Waals surface area contributed by atoms with Crippen LogP contribution in [0.4, 0.5) is 0 Å². The molecule has 18 heavy (non-hydrogen) atoms. The fraction of sp³-hybridized carbons (Fsp3) is 0.700. The number of hydrogen-bond donors (Lipinski definition) is 2. The predicted octanol–water partition coefficient (Wildman–Crippen LogP) is 1.03. The number of aliphatic carboxylic acids is 1. The quantitative estimate of drug-likeness (QED) is 0.787. The summed E-state index contributed by atoms with van der Waals surface area (Å²) in [7, 11) is 0. The number of aromatic nitrogens is 3. The van der Waals surface area contributed by atoms with E-state index < -0.39 is 5.97 Å². The molecule has 0 spiro atoms. The minimum absolute atomic E-state index is 0.0812. The lowest BCUT2D eigenvalue weighted by Crippen LogP contribution is -2.25. The van der Waals surface area contributed by atoms with Crippen LogP contribution < -0.4 is 5.69 Å². The van der Waals surface area contributed by atoms with Crippen molar-refractivity contribution < 1.29 is 9.90 Å². The number of carboxylic acids is 1. The minimum atomic E-state index is -0.908. The number of rotatable bonds is 5. The maximum absolute atomic E-state index is 11.6. The molecule has 0 saturated carbocycles. The molecule has 0 bridgehead atoms. The summed E-state index contributed by atoms with van der Waals surface area (Å²) in [6.45, 7) is 0.613. The zero-order valence-electron chi connectivity index (χ0n) is 9.79. The summed E-state index contributed by atoms with van der Waals surface area (Å²) >= 11 is 2.95. The molecule has 8 heteroatoms. The van der Waals surface area contributed by atoms with Crippen LogP contribution in [-0.4, -0.2) is 42.6 Å². The number of nitrogens with one attached hydrogen (secondary N) is 1. The first-order valence-electron chi connectivity index (χ1n) is 5.78.